The first kappa shape index (κ1) is 10.3. The summed E-state index contributed by atoms with van der Waals surface area (Å²) >= 11 is 0. The predicted octanol–water partition coefficient (Wildman–Crippen LogP) is 0.372. The van der Waals surface area contributed by atoms with Crippen LogP contribution in [0, 0.1) is 0 Å². The van der Waals surface area contributed by atoms with Crippen molar-refractivity contribution < 1.29 is 9.47 Å². The molecule has 0 aromatic carbocycles. The van der Waals surface area contributed by atoms with Gasteiger partial charge in [-0.15, -0.1) is 0 Å². The molecule has 0 radical (unpaired) electrons. The zero-order chi connectivity index (χ0) is 9.68. The zero-order valence-electron chi connectivity index (χ0n) is 8.54. The monoisotopic (exact) mass is 186 g/mol. The summed E-state index contributed by atoms with van der Waals surface area (Å²) in [7, 11) is 3.43. The normalized spacial score (nSPS) is 18.4. The van der Waals surface area contributed by atoms with E-state index in [1.165, 1.54) is 0 Å². The summed E-state index contributed by atoms with van der Waals surface area (Å²) in [6.45, 7) is 4.56. The van der Waals surface area contributed by atoms with Crippen LogP contribution in [0.4, 0.5) is 0 Å². The van der Waals surface area contributed by atoms with Gasteiger partial charge in [-0.05, 0) is 6.92 Å². The molecule has 0 fully saturated rings. The van der Waals surface area contributed by atoms with Crippen LogP contribution < -0.4 is 5.32 Å². The molecule has 76 valence electrons. The quantitative estimate of drug-likeness (QED) is 0.672. The summed E-state index contributed by atoms with van der Waals surface area (Å²) in [5.41, 5.74) is 1.14. The Kier molecular flexibility index (Phi) is 4.05. The van der Waals surface area contributed by atoms with E-state index < -0.39 is 0 Å². The second kappa shape index (κ2) is 5.09. The number of nitrogens with zero attached hydrogens (tertiary/aromatic N) is 1. The molecule has 0 aromatic heterocycles. The van der Waals surface area contributed by atoms with Gasteiger partial charge < -0.3 is 19.7 Å². The molecule has 1 unspecified atom stereocenters. The van der Waals surface area contributed by atoms with E-state index in [2.05, 4.69) is 16.4 Å². The lowest BCUT2D eigenvalue weighted by Crippen LogP contribution is -2.26. The molecule has 1 rings (SSSR count). The van der Waals surface area contributed by atoms with Gasteiger partial charge in [-0.2, -0.15) is 0 Å². The van der Waals surface area contributed by atoms with Gasteiger partial charge in [0.1, 0.15) is 0 Å². The molecule has 1 atom stereocenters. The first-order valence-corrected chi connectivity index (χ1v) is 4.49. The standard InChI is InChI=1S/C9H18N2O2/c1-8(13-3)9-6-11(7-10-9)4-5-12-2/h6,8,10H,4-5,7H2,1-3H3. The van der Waals surface area contributed by atoms with Gasteiger partial charge in [0.2, 0.25) is 0 Å². The Morgan fingerprint density at radius 1 is 1.62 bits per heavy atom. The maximum absolute atomic E-state index is 5.20. The van der Waals surface area contributed by atoms with Crippen LogP contribution in [0.1, 0.15) is 6.92 Å². The SMILES string of the molecule is COCCN1C=C(C(C)OC)NC1. The molecule has 4 nitrogen and oxygen atoms in total. The van der Waals surface area contributed by atoms with Crippen molar-refractivity contribution in [3.8, 4) is 0 Å². The topological polar surface area (TPSA) is 33.7 Å². The highest BCUT2D eigenvalue weighted by Gasteiger charge is 2.15. The van der Waals surface area contributed by atoms with Gasteiger partial charge in [0.25, 0.3) is 0 Å². The second-order valence-corrected chi connectivity index (χ2v) is 3.10. The average molecular weight is 186 g/mol. The number of hydrogen-bond acceptors (Lipinski definition) is 4. The third-order valence-electron chi connectivity index (χ3n) is 2.18. The molecule has 13 heavy (non-hydrogen) atoms. The first-order valence-electron chi connectivity index (χ1n) is 4.49. The van der Waals surface area contributed by atoms with Gasteiger partial charge in [-0.1, -0.05) is 0 Å². The number of ether oxygens (including phenoxy) is 2. The van der Waals surface area contributed by atoms with Crippen molar-refractivity contribution in [3.05, 3.63) is 11.9 Å². The lowest BCUT2D eigenvalue weighted by atomic mass is 10.3. The second-order valence-electron chi connectivity index (χ2n) is 3.10. The summed E-state index contributed by atoms with van der Waals surface area (Å²) in [5.74, 6) is 0. The molecular formula is C9H18N2O2. The van der Waals surface area contributed by atoms with Crippen LogP contribution in [0.25, 0.3) is 0 Å². The Morgan fingerprint density at radius 3 is 3.00 bits per heavy atom. The number of methoxy groups -OCH3 is 2. The number of rotatable bonds is 5. The fourth-order valence-corrected chi connectivity index (χ4v) is 1.21. The first-order chi connectivity index (χ1) is 6.27. The molecule has 0 spiro atoms. The highest BCUT2D eigenvalue weighted by Crippen LogP contribution is 2.09. The van der Waals surface area contributed by atoms with Gasteiger partial charge >= 0.3 is 0 Å². The minimum Gasteiger partial charge on any atom is -0.383 e. The van der Waals surface area contributed by atoms with E-state index in [1.807, 2.05) is 6.92 Å². The highest BCUT2D eigenvalue weighted by atomic mass is 16.5. The van der Waals surface area contributed by atoms with Gasteiger partial charge in [-0.25, -0.2) is 0 Å². The van der Waals surface area contributed by atoms with Crippen molar-refractivity contribution in [1.29, 1.82) is 0 Å². The van der Waals surface area contributed by atoms with Crippen LogP contribution in [0.15, 0.2) is 11.9 Å². The third-order valence-corrected chi connectivity index (χ3v) is 2.18. The molecular weight excluding hydrogens is 168 g/mol. The summed E-state index contributed by atoms with van der Waals surface area (Å²) in [4.78, 5) is 2.17. The molecule has 4 heteroatoms. The van der Waals surface area contributed by atoms with E-state index in [-0.39, 0.29) is 6.10 Å². The van der Waals surface area contributed by atoms with E-state index in [9.17, 15) is 0 Å². The third kappa shape index (κ3) is 2.90. The van der Waals surface area contributed by atoms with E-state index in [0.717, 1.165) is 25.5 Å². The zero-order valence-corrected chi connectivity index (χ0v) is 8.54. The minimum atomic E-state index is 0.146. The Balaban J connectivity index is 2.34. The molecule has 1 N–H and O–H groups in total. The maximum atomic E-state index is 5.20. The van der Waals surface area contributed by atoms with Gasteiger partial charge in [0.05, 0.1) is 25.1 Å². The van der Waals surface area contributed by atoms with Crippen LogP contribution in [-0.2, 0) is 9.47 Å². The van der Waals surface area contributed by atoms with Crippen molar-refractivity contribution in [2.75, 3.05) is 34.0 Å². The Labute approximate surface area is 79.5 Å². The van der Waals surface area contributed by atoms with Gasteiger partial charge in [0, 0.05) is 27.0 Å². The molecule has 1 heterocycles. The van der Waals surface area contributed by atoms with Crippen molar-refractivity contribution in [2.45, 2.75) is 13.0 Å². The van der Waals surface area contributed by atoms with Crippen molar-refractivity contribution in [2.24, 2.45) is 0 Å². The highest BCUT2D eigenvalue weighted by molar-refractivity contribution is 5.09. The van der Waals surface area contributed by atoms with E-state index in [4.69, 9.17) is 9.47 Å². The van der Waals surface area contributed by atoms with Crippen LogP contribution in [0.5, 0.6) is 0 Å². The lowest BCUT2D eigenvalue weighted by Gasteiger charge is -2.12. The van der Waals surface area contributed by atoms with Crippen LogP contribution >= 0.6 is 0 Å². The summed E-state index contributed by atoms with van der Waals surface area (Å²) < 4.78 is 10.2. The van der Waals surface area contributed by atoms with Crippen molar-refractivity contribution in [3.63, 3.8) is 0 Å². The Morgan fingerprint density at radius 2 is 2.38 bits per heavy atom. The van der Waals surface area contributed by atoms with Crippen LogP contribution in [0.3, 0.4) is 0 Å². The molecule has 0 bridgehead atoms. The fraction of sp³-hybridized carbons (Fsp3) is 0.778. The van der Waals surface area contributed by atoms with Gasteiger partial charge in [0.15, 0.2) is 0 Å². The molecule has 0 aromatic rings. The van der Waals surface area contributed by atoms with Crippen LogP contribution in [-0.4, -0.2) is 45.0 Å². The molecule has 0 aliphatic carbocycles. The fourth-order valence-electron chi connectivity index (χ4n) is 1.21. The van der Waals surface area contributed by atoms with E-state index >= 15 is 0 Å². The molecule has 0 saturated carbocycles. The molecule has 0 saturated heterocycles. The molecule has 1 aliphatic heterocycles. The lowest BCUT2D eigenvalue weighted by molar-refractivity contribution is 0.142. The number of nitrogens with one attached hydrogen (secondary N) is 1. The average Bonchev–Trinajstić information content (AvgIpc) is 2.62. The van der Waals surface area contributed by atoms with Crippen LogP contribution in [0.2, 0.25) is 0 Å². The minimum absolute atomic E-state index is 0.146. The summed E-state index contributed by atoms with van der Waals surface area (Å²) in [5, 5.41) is 3.27. The maximum Gasteiger partial charge on any atom is 0.0952 e. The smallest absolute Gasteiger partial charge is 0.0952 e. The Hall–Kier alpha value is -0.740. The van der Waals surface area contributed by atoms with E-state index in [1.54, 1.807) is 14.2 Å². The molecule has 0 amide bonds. The van der Waals surface area contributed by atoms with Crippen molar-refractivity contribution in [1.82, 2.24) is 10.2 Å². The summed E-state index contributed by atoms with van der Waals surface area (Å²) in [6, 6.07) is 0. The molecule has 1 aliphatic rings. The van der Waals surface area contributed by atoms with Gasteiger partial charge in [-0.3, -0.25) is 0 Å². The largest absolute Gasteiger partial charge is 0.383 e. The van der Waals surface area contributed by atoms with Crippen molar-refractivity contribution >= 4 is 0 Å². The summed E-state index contributed by atoms with van der Waals surface area (Å²) in [6.07, 6.45) is 2.24. The van der Waals surface area contributed by atoms with E-state index in [0.29, 0.717) is 0 Å². The predicted molar refractivity (Wildman–Crippen MR) is 51.1 cm³/mol. The number of hydrogen-bond donors (Lipinski definition) is 1. The Bertz CT molecular complexity index is 182.